The fraction of sp³-hybridized carbons (Fsp3) is 0.100. The van der Waals surface area contributed by atoms with Crippen LogP contribution in [-0.2, 0) is 0 Å². The number of amidine groups is 1. The maximum absolute atomic E-state index is 10.6. The highest BCUT2D eigenvalue weighted by molar-refractivity contribution is 5.97. The monoisotopic (exact) mass is 262 g/mol. The lowest BCUT2D eigenvalue weighted by molar-refractivity contribution is -0.384. The summed E-state index contributed by atoms with van der Waals surface area (Å²) in [5.41, 5.74) is 6.41. The second-order valence-corrected chi connectivity index (χ2v) is 3.74. The predicted molar refractivity (Wildman–Crippen MR) is 65.3 cm³/mol. The zero-order chi connectivity index (χ0) is 14.0. The van der Waals surface area contributed by atoms with Gasteiger partial charge in [-0.05, 0) is 19.1 Å². The molecule has 2 heterocycles. The Hall–Kier alpha value is -2.97. The van der Waals surface area contributed by atoms with E-state index in [1.54, 1.807) is 13.0 Å². The van der Waals surface area contributed by atoms with Crippen molar-refractivity contribution in [1.82, 2.24) is 14.8 Å². The normalized spacial score (nSPS) is 11.5. The van der Waals surface area contributed by atoms with E-state index in [-0.39, 0.29) is 11.5 Å². The Bertz CT molecular complexity index is 663. The summed E-state index contributed by atoms with van der Waals surface area (Å²) in [6.45, 7) is 1.72. The minimum absolute atomic E-state index is 0.0756. The lowest BCUT2D eigenvalue weighted by atomic mass is 10.2. The van der Waals surface area contributed by atoms with Gasteiger partial charge in [-0.2, -0.15) is 5.10 Å². The summed E-state index contributed by atoms with van der Waals surface area (Å²) in [7, 11) is 0. The third kappa shape index (κ3) is 2.49. The smallest absolute Gasteiger partial charge is 0.307 e. The molecule has 2 aromatic rings. The molecule has 0 fully saturated rings. The molecule has 0 saturated heterocycles. The van der Waals surface area contributed by atoms with Crippen molar-refractivity contribution in [1.29, 1.82) is 0 Å². The summed E-state index contributed by atoms with van der Waals surface area (Å²) in [4.78, 5) is 14.2. The van der Waals surface area contributed by atoms with Crippen molar-refractivity contribution in [2.45, 2.75) is 6.92 Å². The first-order valence-electron chi connectivity index (χ1n) is 5.17. The minimum Gasteiger partial charge on any atom is -0.409 e. The first-order valence-corrected chi connectivity index (χ1v) is 5.17. The minimum atomic E-state index is -0.552. The van der Waals surface area contributed by atoms with E-state index in [1.165, 1.54) is 16.9 Å². The molecule has 0 spiro atoms. The summed E-state index contributed by atoms with van der Waals surface area (Å²) < 4.78 is 1.25. The maximum atomic E-state index is 10.6. The van der Waals surface area contributed by atoms with E-state index in [9.17, 15) is 10.1 Å². The molecule has 0 saturated carbocycles. The van der Waals surface area contributed by atoms with E-state index in [2.05, 4.69) is 15.2 Å². The highest BCUT2D eigenvalue weighted by Crippen LogP contribution is 2.14. The third-order valence-electron chi connectivity index (χ3n) is 2.36. The van der Waals surface area contributed by atoms with Crippen LogP contribution in [0.2, 0.25) is 0 Å². The van der Waals surface area contributed by atoms with Gasteiger partial charge in [0.25, 0.3) is 0 Å². The van der Waals surface area contributed by atoms with Crippen LogP contribution in [0.5, 0.6) is 0 Å². The molecule has 0 radical (unpaired) electrons. The molecule has 9 heteroatoms. The molecule has 0 aromatic carbocycles. The number of oxime groups is 1. The Morgan fingerprint density at radius 1 is 1.58 bits per heavy atom. The summed E-state index contributed by atoms with van der Waals surface area (Å²) in [6.07, 6.45) is 2.35. The summed E-state index contributed by atoms with van der Waals surface area (Å²) >= 11 is 0. The van der Waals surface area contributed by atoms with Crippen LogP contribution in [0.4, 0.5) is 5.69 Å². The van der Waals surface area contributed by atoms with Gasteiger partial charge in [-0.15, -0.1) is 0 Å². The van der Waals surface area contributed by atoms with Crippen molar-refractivity contribution in [2.75, 3.05) is 0 Å². The van der Waals surface area contributed by atoms with Gasteiger partial charge in [-0.1, -0.05) is 5.16 Å². The molecule has 0 atom stereocenters. The Kier molecular flexibility index (Phi) is 3.10. The molecule has 9 nitrogen and oxygen atoms in total. The summed E-state index contributed by atoms with van der Waals surface area (Å²) in [5.74, 6) is 0.267. The average Bonchev–Trinajstić information content (AvgIpc) is 2.86. The first-order chi connectivity index (χ1) is 9.01. The molecule has 19 heavy (non-hydrogen) atoms. The fourth-order valence-electron chi connectivity index (χ4n) is 1.51. The van der Waals surface area contributed by atoms with Gasteiger partial charge in [0.05, 0.1) is 4.92 Å². The van der Waals surface area contributed by atoms with Crippen LogP contribution in [0.25, 0.3) is 5.82 Å². The zero-order valence-corrected chi connectivity index (χ0v) is 9.89. The lowest BCUT2D eigenvalue weighted by Crippen LogP contribution is -2.14. The lowest BCUT2D eigenvalue weighted by Gasteiger charge is -2.05. The number of nitro groups is 1. The van der Waals surface area contributed by atoms with Crippen LogP contribution < -0.4 is 5.73 Å². The Balaban J connectivity index is 2.49. The van der Waals surface area contributed by atoms with Crippen LogP contribution in [0.3, 0.4) is 0 Å². The average molecular weight is 262 g/mol. The summed E-state index contributed by atoms with van der Waals surface area (Å²) in [6, 6.07) is 3.13. The summed E-state index contributed by atoms with van der Waals surface area (Å²) in [5, 5.41) is 26.0. The van der Waals surface area contributed by atoms with E-state index >= 15 is 0 Å². The van der Waals surface area contributed by atoms with Crippen molar-refractivity contribution in [2.24, 2.45) is 10.9 Å². The number of aromatic nitrogens is 3. The van der Waals surface area contributed by atoms with Gasteiger partial charge >= 0.3 is 5.69 Å². The molecule has 98 valence electrons. The van der Waals surface area contributed by atoms with Gasteiger partial charge < -0.3 is 10.9 Å². The Morgan fingerprint density at radius 3 is 2.89 bits per heavy atom. The molecular formula is C10H10N6O3. The fourth-order valence-corrected chi connectivity index (χ4v) is 1.51. The standard InChI is InChI=1S/C10H10N6O3/c1-6-2-7(10(11)14-17)3-9(13-6)15-5-8(4-12-15)16(18)19/h2-5,17H,1H3,(H2,11,14). The van der Waals surface area contributed by atoms with E-state index in [4.69, 9.17) is 10.9 Å². The number of nitrogens with two attached hydrogens (primary N) is 1. The van der Waals surface area contributed by atoms with E-state index in [1.807, 2.05) is 0 Å². The van der Waals surface area contributed by atoms with Gasteiger partial charge in [0.2, 0.25) is 0 Å². The van der Waals surface area contributed by atoms with Gasteiger partial charge in [0.1, 0.15) is 12.4 Å². The molecule has 2 rings (SSSR count). The van der Waals surface area contributed by atoms with Crippen molar-refractivity contribution in [3.05, 3.63) is 45.9 Å². The molecule has 0 aliphatic carbocycles. The quantitative estimate of drug-likeness (QED) is 0.273. The molecule has 3 N–H and O–H groups in total. The maximum Gasteiger partial charge on any atom is 0.307 e. The predicted octanol–water partition coefficient (Wildman–Crippen LogP) is 0.578. The number of hydrogen-bond donors (Lipinski definition) is 2. The second-order valence-electron chi connectivity index (χ2n) is 3.74. The van der Waals surface area contributed by atoms with Crippen LogP contribution in [0, 0.1) is 17.0 Å². The number of rotatable bonds is 3. The molecule has 0 aliphatic rings. The first kappa shape index (κ1) is 12.5. The van der Waals surface area contributed by atoms with Crippen LogP contribution in [0.15, 0.2) is 29.7 Å². The largest absolute Gasteiger partial charge is 0.409 e. The number of aryl methyl sites for hydroxylation is 1. The highest BCUT2D eigenvalue weighted by Gasteiger charge is 2.12. The molecule has 0 bridgehead atoms. The molecular weight excluding hydrogens is 252 g/mol. The van der Waals surface area contributed by atoms with Crippen molar-refractivity contribution < 1.29 is 10.1 Å². The van der Waals surface area contributed by atoms with Crippen molar-refractivity contribution in [3.63, 3.8) is 0 Å². The van der Waals surface area contributed by atoms with Crippen LogP contribution >= 0.6 is 0 Å². The molecule has 0 aliphatic heterocycles. The van der Waals surface area contributed by atoms with Crippen molar-refractivity contribution >= 4 is 11.5 Å². The number of nitrogens with zero attached hydrogens (tertiary/aromatic N) is 5. The van der Waals surface area contributed by atoms with E-state index in [0.717, 1.165) is 6.20 Å². The van der Waals surface area contributed by atoms with E-state index in [0.29, 0.717) is 17.1 Å². The van der Waals surface area contributed by atoms with Gasteiger partial charge in [0.15, 0.2) is 11.7 Å². The zero-order valence-electron chi connectivity index (χ0n) is 9.89. The van der Waals surface area contributed by atoms with Crippen LogP contribution in [-0.4, -0.2) is 30.7 Å². The van der Waals surface area contributed by atoms with E-state index < -0.39 is 4.92 Å². The van der Waals surface area contributed by atoms with Gasteiger partial charge in [-0.3, -0.25) is 10.1 Å². The topological polar surface area (TPSA) is 132 Å². The molecule has 0 unspecified atom stereocenters. The van der Waals surface area contributed by atoms with Crippen LogP contribution in [0.1, 0.15) is 11.3 Å². The molecule has 2 aromatic heterocycles. The molecule has 0 amide bonds. The van der Waals surface area contributed by atoms with Gasteiger partial charge in [-0.25, -0.2) is 9.67 Å². The Labute approximate surface area is 107 Å². The third-order valence-corrected chi connectivity index (χ3v) is 2.36. The second kappa shape index (κ2) is 4.72. The number of hydrogen-bond acceptors (Lipinski definition) is 6. The van der Waals surface area contributed by atoms with Gasteiger partial charge in [0, 0.05) is 11.3 Å². The SMILES string of the molecule is Cc1cc(/C(N)=N/O)cc(-n2cc([N+](=O)[O-])cn2)n1. The van der Waals surface area contributed by atoms with Crippen molar-refractivity contribution in [3.8, 4) is 5.82 Å². The highest BCUT2D eigenvalue weighted by atomic mass is 16.6. The number of pyridine rings is 1. The Morgan fingerprint density at radius 2 is 2.32 bits per heavy atom.